The Labute approximate surface area is 237 Å². The molecular weight excluding hydrogens is 472 g/mol. The van der Waals surface area contributed by atoms with Crippen molar-refractivity contribution >= 4 is 0 Å². The van der Waals surface area contributed by atoms with Crippen molar-refractivity contribution in [1.29, 1.82) is 0 Å². The summed E-state index contributed by atoms with van der Waals surface area (Å²) in [4.78, 5) is 0. The molecular formula is C38H46O. The van der Waals surface area contributed by atoms with E-state index in [1.807, 2.05) is 13.8 Å². The van der Waals surface area contributed by atoms with Crippen LogP contribution in [0.25, 0.3) is 33.4 Å². The van der Waals surface area contributed by atoms with Gasteiger partial charge in [0.05, 0.1) is 0 Å². The molecule has 0 heterocycles. The molecule has 0 radical (unpaired) electrons. The molecule has 4 rings (SSSR count). The minimum absolute atomic E-state index is 0.415. The number of rotatable bonds is 3. The molecule has 4 aromatic rings. The smallest absolute Gasteiger partial charge is 0.121 e. The molecule has 1 N–H and O–H groups in total. The van der Waals surface area contributed by atoms with Crippen LogP contribution in [0.3, 0.4) is 0 Å². The third-order valence-corrected chi connectivity index (χ3v) is 10.4. The summed E-state index contributed by atoms with van der Waals surface area (Å²) in [5.74, 6) is 0.415. The molecule has 0 unspecified atom stereocenters. The largest absolute Gasteiger partial charge is 0.507 e. The number of hydrogen-bond donors (Lipinski definition) is 1. The molecule has 1 heteroatoms. The molecule has 4 aromatic carbocycles. The van der Waals surface area contributed by atoms with Crippen LogP contribution in [0, 0.1) is 96.9 Å². The predicted octanol–water partition coefficient (Wildman–Crippen LogP) is 10.7. The van der Waals surface area contributed by atoms with Gasteiger partial charge in [0.2, 0.25) is 0 Å². The first-order valence-electron chi connectivity index (χ1n) is 14.2. The first kappa shape index (κ1) is 28.7. The van der Waals surface area contributed by atoms with Crippen molar-refractivity contribution in [2.24, 2.45) is 0 Å². The second-order valence-electron chi connectivity index (χ2n) is 12.0. The van der Waals surface area contributed by atoms with Crippen LogP contribution < -0.4 is 0 Å². The van der Waals surface area contributed by atoms with E-state index in [4.69, 9.17) is 0 Å². The standard InChI is InChI=1S/C38H46O/c1-18-20(3)24(7)35(25(8)21(18)4)32-15-33(36-26(9)22(5)19(2)23(6)27(36)10)17-34(16-32)37-28(11)30(13)38(39)31(14)29(37)12/h15-17,39H,1-14H3. The Hall–Kier alpha value is -3.32. The summed E-state index contributed by atoms with van der Waals surface area (Å²) >= 11 is 0. The van der Waals surface area contributed by atoms with Crippen molar-refractivity contribution in [1.82, 2.24) is 0 Å². The van der Waals surface area contributed by atoms with Gasteiger partial charge in [0.15, 0.2) is 0 Å². The van der Waals surface area contributed by atoms with Crippen molar-refractivity contribution < 1.29 is 5.11 Å². The molecule has 1 nitrogen and oxygen atoms in total. The van der Waals surface area contributed by atoms with Crippen LogP contribution >= 0.6 is 0 Å². The van der Waals surface area contributed by atoms with Crippen LogP contribution in [-0.2, 0) is 0 Å². The zero-order valence-electron chi connectivity index (χ0n) is 26.7. The highest BCUT2D eigenvalue weighted by molar-refractivity contribution is 5.88. The van der Waals surface area contributed by atoms with E-state index in [0.29, 0.717) is 5.75 Å². The Kier molecular flexibility index (Phi) is 7.36. The highest BCUT2D eigenvalue weighted by atomic mass is 16.3. The second kappa shape index (κ2) is 10.0. The van der Waals surface area contributed by atoms with E-state index in [2.05, 4.69) is 101 Å². The Bertz CT molecular complexity index is 1380. The van der Waals surface area contributed by atoms with Crippen molar-refractivity contribution in [3.63, 3.8) is 0 Å². The number of phenolic OH excluding ortho intramolecular Hbond substituents is 1. The SMILES string of the molecule is Cc1c(C)c(C)c(-c2cc(-c3c(C)c(C)c(C)c(C)c3C)cc(-c3c(C)c(C)c(O)c(C)c3C)c2)c(C)c1C. The van der Waals surface area contributed by atoms with Crippen molar-refractivity contribution in [3.8, 4) is 39.1 Å². The van der Waals surface area contributed by atoms with E-state index in [9.17, 15) is 5.11 Å². The second-order valence-corrected chi connectivity index (χ2v) is 12.0. The molecule has 0 aromatic heterocycles. The minimum Gasteiger partial charge on any atom is -0.507 e. The summed E-state index contributed by atoms with van der Waals surface area (Å²) in [5, 5.41) is 10.8. The molecule has 0 aliphatic carbocycles. The lowest BCUT2D eigenvalue weighted by atomic mass is 9.80. The van der Waals surface area contributed by atoms with Gasteiger partial charge in [-0.25, -0.2) is 0 Å². The molecule has 0 atom stereocenters. The molecule has 0 fully saturated rings. The molecule has 0 saturated carbocycles. The molecule has 0 amide bonds. The average molecular weight is 519 g/mol. The molecule has 0 aliphatic rings. The maximum atomic E-state index is 10.8. The minimum atomic E-state index is 0.415. The normalized spacial score (nSPS) is 11.4. The molecule has 39 heavy (non-hydrogen) atoms. The molecule has 0 bridgehead atoms. The lowest BCUT2D eigenvalue weighted by molar-refractivity contribution is 0.466. The number of benzene rings is 4. The summed E-state index contributed by atoms with van der Waals surface area (Å²) in [5.41, 5.74) is 25.6. The zero-order chi connectivity index (χ0) is 29.2. The summed E-state index contributed by atoms with van der Waals surface area (Å²) < 4.78 is 0. The van der Waals surface area contributed by atoms with Crippen LogP contribution in [-0.4, -0.2) is 5.11 Å². The van der Waals surface area contributed by atoms with Crippen molar-refractivity contribution in [3.05, 3.63) is 96.1 Å². The van der Waals surface area contributed by atoms with Gasteiger partial charge in [-0.1, -0.05) is 0 Å². The molecule has 0 spiro atoms. The Morgan fingerprint density at radius 1 is 0.282 bits per heavy atom. The first-order chi connectivity index (χ1) is 18.1. The summed E-state index contributed by atoms with van der Waals surface area (Å²) in [6, 6.07) is 7.19. The van der Waals surface area contributed by atoms with Gasteiger partial charge in [-0.3, -0.25) is 0 Å². The average Bonchev–Trinajstić information content (AvgIpc) is 2.91. The number of hydrogen-bond acceptors (Lipinski definition) is 1. The monoisotopic (exact) mass is 518 g/mol. The predicted molar refractivity (Wildman–Crippen MR) is 171 cm³/mol. The molecule has 0 saturated heterocycles. The van der Waals surface area contributed by atoms with E-state index in [-0.39, 0.29) is 0 Å². The fourth-order valence-corrected chi connectivity index (χ4v) is 6.65. The van der Waals surface area contributed by atoms with E-state index in [1.54, 1.807) is 0 Å². The maximum absolute atomic E-state index is 10.8. The molecule has 0 aliphatic heterocycles. The van der Waals surface area contributed by atoms with Crippen LogP contribution in [0.15, 0.2) is 18.2 Å². The number of aromatic hydroxyl groups is 1. The van der Waals surface area contributed by atoms with Gasteiger partial charge >= 0.3 is 0 Å². The van der Waals surface area contributed by atoms with E-state index in [0.717, 1.165) is 22.3 Å². The van der Waals surface area contributed by atoms with Gasteiger partial charge in [0.25, 0.3) is 0 Å². The summed E-state index contributed by atoms with van der Waals surface area (Å²) in [6.07, 6.45) is 0. The molecule has 204 valence electrons. The van der Waals surface area contributed by atoms with E-state index < -0.39 is 0 Å². The van der Waals surface area contributed by atoms with Crippen LogP contribution in [0.2, 0.25) is 0 Å². The summed E-state index contributed by atoms with van der Waals surface area (Å²) in [6.45, 7) is 31.0. The van der Waals surface area contributed by atoms with Crippen LogP contribution in [0.1, 0.15) is 77.9 Å². The van der Waals surface area contributed by atoms with Gasteiger partial charge < -0.3 is 5.11 Å². The Balaban J connectivity index is 2.22. The fraction of sp³-hybridized carbons (Fsp3) is 0.368. The fourth-order valence-electron chi connectivity index (χ4n) is 6.65. The third-order valence-electron chi connectivity index (χ3n) is 10.4. The maximum Gasteiger partial charge on any atom is 0.121 e. The van der Waals surface area contributed by atoms with Gasteiger partial charge in [0, 0.05) is 0 Å². The van der Waals surface area contributed by atoms with Crippen LogP contribution in [0.5, 0.6) is 5.75 Å². The Morgan fingerprint density at radius 2 is 0.462 bits per heavy atom. The van der Waals surface area contributed by atoms with Gasteiger partial charge in [-0.15, -0.1) is 0 Å². The van der Waals surface area contributed by atoms with E-state index >= 15 is 0 Å². The van der Waals surface area contributed by atoms with Gasteiger partial charge in [0.1, 0.15) is 5.75 Å². The van der Waals surface area contributed by atoms with Crippen LogP contribution in [0.4, 0.5) is 0 Å². The topological polar surface area (TPSA) is 20.2 Å². The lowest BCUT2D eigenvalue weighted by Crippen LogP contribution is -2.03. The number of phenols is 1. The zero-order valence-corrected chi connectivity index (χ0v) is 26.7. The highest BCUT2D eigenvalue weighted by Crippen LogP contribution is 2.44. The van der Waals surface area contributed by atoms with Crippen molar-refractivity contribution in [2.45, 2.75) is 96.9 Å². The van der Waals surface area contributed by atoms with Gasteiger partial charge in [-0.2, -0.15) is 0 Å². The summed E-state index contributed by atoms with van der Waals surface area (Å²) in [7, 11) is 0. The first-order valence-corrected chi connectivity index (χ1v) is 14.2. The lowest BCUT2D eigenvalue weighted by Gasteiger charge is -2.24. The Morgan fingerprint density at radius 3 is 0.692 bits per heavy atom. The third kappa shape index (κ3) is 4.31. The van der Waals surface area contributed by atoms with E-state index in [1.165, 1.54) is 89.0 Å². The quantitative estimate of drug-likeness (QED) is 0.286. The van der Waals surface area contributed by atoms with Crippen molar-refractivity contribution in [2.75, 3.05) is 0 Å². The highest BCUT2D eigenvalue weighted by Gasteiger charge is 2.21. The van der Waals surface area contributed by atoms with Gasteiger partial charge in [-0.05, 0) is 226 Å².